The van der Waals surface area contributed by atoms with Gasteiger partial charge in [-0.3, -0.25) is 9.69 Å². The van der Waals surface area contributed by atoms with E-state index in [1.807, 2.05) is 12.1 Å². The number of fused-ring (bicyclic) bond motifs is 1. The Balaban J connectivity index is 1.83. The minimum Gasteiger partial charge on any atom is -0.493 e. The molecule has 0 aromatic heterocycles. The Morgan fingerprint density at radius 2 is 2.33 bits per heavy atom. The lowest BCUT2D eigenvalue weighted by Gasteiger charge is -2.33. The molecule has 0 amide bonds. The Kier molecular flexibility index (Phi) is 4.33. The van der Waals surface area contributed by atoms with Gasteiger partial charge in [-0.05, 0) is 17.7 Å². The molecule has 6 heteroatoms. The molecule has 0 spiro atoms. The van der Waals surface area contributed by atoms with Crippen molar-refractivity contribution in [3.05, 3.63) is 28.3 Å². The van der Waals surface area contributed by atoms with Crippen molar-refractivity contribution in [3.8, 4) is 5.75 Å². The van der Waals surface area contributed by atoms with Crippen molar-refractivity contribution < 1.29 is 19.0 Å². The van der Waals surface area contributed by atoms with Gasteiger partial charge in [0, 0.05) is 30.1 Å². The van der Waals surface area contributed by atoms with E-state index >= 15 is 0 Å². The van der Waals surface area contributed by atoms with Gasteiger partial charge in [-0.2, -0.15) is 0 Å². The minimum absolute atomic E-state index is 0.269. The first-order valence-electron chi connectivity index (χ1n) is 7.03. The number of carbonyl (C=O) groups excluding carboxylic acids is 1. The fourth-order valence-electron chi connectivity index (χ4n) is 2.86. The van der Waals surface area contributed by atoms with Gasteiger partial charge in [-0.15, -0.1) is 0 Å². The number of rotatable bonds is 3. The zero-order valence-electron chi connectivity index (χ0n) is 11.9. The summed E-state index contributed by atoms with van der Waals surface area (Å²) < 4.78 is 16.0. The first-order chi connectivity index (χ1) is 10.2. The molecule has 3 rings (SSSR count). The van der Waals surface area contributed by atoms with Gasteiger partial charge in [0.1, 0.15) is 11.8 Å². The van der Waals surface area contributed by atoms with Gasteiger partial charge < -0.3 is 14.2 Å². The molecule has 114 valence electrons. The SMILES string of the molecule is COC(=O)C1COCCN1Cc1cc(Cl)cc2c1OCC2. The van der Waals surface area contributed by atoms with Crippen LogP contribution >= 0.6 is 11.6 Å². The molecule has 1 fully saturated rings. The van der Waals surface area contributed by atoms with Crippen LogP contribution in [0.25, 0.3) is 0 Å². The smallest absolute Gasteiger partial charge is 0.325 e. The Hall–Kier alpha value is -1.30. The summed E-state index contributed by atoms with van der Waals surface area (Å²) in [6.45, 7) is 2.94. The van der Waals surface area contributed by atoms with Crippen LogP contribution in [0, 0.1) is 0 Å². The van der Waals surface area contributed by atoms with Gasteiger partial charge in [-0.1, -0.05) is 11.6 Å². The van der Waals surface area contributed by atoms with Crippen LogP contribution in [0.3, 0.4) is 0 Å². The van der Waals surface area contributed by atoms with E-state index in [0.29, 0.717) is 37.9 Å². The topological polar surface area (TPSA) is 48.0 Å². The lowest BCUT2D eigenvalue weighted by molar-refractivity contribution is -0.153. The molecule has 1 unspecified atom stereocenters. The first kappa shape index (κ1) is 14.6. The van der Waals surface area contributed by atoms with Crippen LogP contribution in [-0.4, -0.2) is 50.4 Å². The molecule has 0 aliphatic carbocycles. The fraction of sp³-hybridized carbons (Fsp3) is 0.533. The number of methoxy groups -OCH3 is 1. The van der Waals surface area contributed by atoms with Crippen LogP contribution in [0.1, 0.15) is 11.1 Å². The van der Waals surface area contributed by atoms with Gasteiger partial charge >= 0.3 is 5.97 Å². The summed E-state index contributed by atoms with van der Waals surface area (Å²) in [5.41, 5.74) is 2.16. The average molecular weight is 312 g/mol. The normalized spacial score (nSPS) is 21.7. The highest BCUT2D eigenvalue weighted by Gasteiger charge is 2.31. The fourth-order valence-corrected chi connectivity index (χ4v) is 3.13. The second-order valence-corrected chi connectivity index (χ2v) is 5.67. The van der Waals surface area contributed by atoms with Crippen molar-refractivity contribution in [2.45, 2.75) is 19.0 Å². The molecular formula is C15H18ClNO4. The number of halogens is 1. The van der Waals surface area contributed by atoms with Crippen LogP contribution in [0.2, 0.25) is 5.02 Å². The summed E-state index contributed by atoms with van der Waals surface area (Å²) in [5, 5.41) is 0.706. The van der Waals surface area contributed by atoms with Crippen LogP contribution in [0.5, 0.6) is 5.75 Å². The van der Waals surface area contributed by atoms with Crippen molar-refractivity contribution in [2.24, 2.45) is 0 Å². The van der Waals surface area contributed by atoms with E-state index < -0.39 is 0 Å². The molecule has 2 heterocycles. The minimum atomic E-state index is -0.375. The highest BCUT2D eigenvalue weighted by atomic mass is 35.5. The number of carbonyl (C=O) groups is 1. The molecule has 1 aromatic rings. The largest absolute Gasteiger partial charge is 0.493 e. The molecule has 0 saturated carbocycles. The average Bonchev–Trinajstić information content (AvgIpc) is 2.95. The molecule has 1 saturated heterocycles. The van der Waals surface area contributed by atoms with Gasteiger partial charge in [0.2, 0.25) is 0 Å². The zero-order valence-corrected chi connectivity index (χ0v) is 12.7. The predicted octanol–water partition coefficient (Wildman–Crippen LogP) is 1.65. The number of hydrogen-bond donors (Lipinski definition) is 0. The van der Waals surface area contributed by atoms with E-state index in [4.69, 9.17) is 25.8 Å². The van der Waals surface area contributed by atoms with E-state index in [1.54, 1.807) is 0 Å². The molecule has 0 N–H and O–H groups in total. The summed E-state index contributed by atoms with van der Waals surface area (Å²) in [4.78, 5) is 13.9. The summed E-state index contributed by atoms with van der Waals surface area (Å²) in [5.74, 6) is 0.642. The molecule has 0 radical (unpaired) electrons. The summed E-state index contributed by atoms with van der Waals surface area (Å²) >= 11 is 6.18. The van der Waals surface area contributed by atoms with E-state index in [0.717, 1.165) is 23.3 Å². The number of morpholine rings is 1. The van der Waals surface area contributed by atoms with Gasteiger partial charge in [0.25, 0.3) is 0 Å². The van der Waals surface area contributed by atoms with Gasteiger partial charge in [-0.25, -0.2) is 0 Å². The summed E-state index contributed by atoms with van der Waals surface area (Å²) in [6.07, 6.45) is 0.881. The van der Waals surface area contributed by atoms with E-state index in [2.05, 4.69) is 4.90 Å². The third kappa shape index (κ3) is 3.00. The molecule has 2 aliphatic rings. The molecule has 0 bridgehead atoms. The van der Waals surface area contributed by atoms with Crippen molar-refractivity contribution in [1.82, 2.24) is 4.90 Å². The number of ether oxygens (including phenoxy) is 3. The highest BCUT2D eigenvalue weighted by molar-refractivity contribution is 6.30. The maximum Gasteiger partial charge on any atom is 0.325 e. The Morgan fingerprint density at radius 1 is 1.48 bits per heavy atom. The van der Waals surface area contributed by atoms with Crippen molar-refractivity contribution >= 4 is 17.6 Å². The van der Waals surface area contributed by atoms with Crippen LogP contribution < -0.4 is 4.74 Å². The predicted molar refractivity (Wildman–Crippen MR) is 77.7 cm³/mol. The molecule has 2 aliphatic heterocycles. The lowest BCUT2D eigenvalue weighted by atomic mass is 10.1. The van der Waals surface area contributed by atoms with Crippen molar-refractivity contribution in [1.29, 1.82) is 0 Å². The van der Waals surface area contributed by atoms with Gasteiger partial charge in [0.05, 0.1) is 26.9 Å². The first-order valence-corrected chi connectivity index (χ1v) is 7.40. The third-order valence-corrected chi connectivity index (χ3v) is 4.13. The number of nitrogens with zero attached hydrogens (tertiary/aromatic N) is 1. The Bertz CT molecular complexity index is 549. The summed E-state index contributed by atoms with van der Waals surface area (Å²) in [7, 11) is 1.40. The number of benzene rings is 1. The molecule has 1 aromatic carbocycles. The van der Waals surface area contributed by atoms with E-state index in [1.165, 1.54) is 7.11 Å². The Morgan fingerprint density at radius 3 is 3.14 bits per heavy atom. The van der Waals surface area contributed by atoms with Gasteiger partial charge in [0.15, 0.2) is 0 Å². The van der Waals surface area contributed by atoms with E-state index in [9.17, 15) is 4.79 Å². The highest BCUT2D eigenvalue weighted by Crippen LogP contribution is 2.34. The van der Waals surface area contributed by atoms with Crippen LogP contribution in [0.15, 0.2) is 12.1 Å². The maximum atomic E-state index is 11.9. The third-order valence-electron chi connectivity index (χ3n) is 3.91. The van der Waals surface area contributed by atoms with Crippen LogP contribution in [-0.2, 0) is 27.2 Å². The second kappa shape index (κ2) is 6.22. The van der Waals surface area contributed by atoms with Crippen molar-refractivity contribution in [2.75, 3.05) is 33.5 Å². The maximum absolute atomic E-state index is 11.9. The lowest BCUT2D eigenvalue weighted by Crippen LogP contribution is -2.49. The summed E-state index contributed by atoms with van der Waals surface area (Å²) in [6, 6.07) is 3.49. The van der Waals surface area contributed by atoms with Crippen LogP contribution in [0.4, 0.5) is 0 Å². The van der Waals surface area contributed by atoms with E-state index in [-0.39, 0.29) is 12.0 Å². The molecule has 21 heavy (non-hydrogen) atoms. The molecular weight excluding hydrogens is 294 g/mol. The van der Waals surface area contributed by atoms with Crippen molar-refractivity contribution in [3.63, 3.8) is 0 Å². The number of hydrogen-bond acceptors (Lipinski definition) is 5. The number of esters is 1. The molecule has 1 atom stereocenters. The second-order valence-electron chi connectivity index (χ2n) is 5.24. The zero-order chi connectivity index (χ0) is 14.8. The monoisotopic (exact) mass is 311 g/mol. The quantitative estimate of drug-likeness (QED) is 0.794. The Labute approximate surface area is 128 Å². The molecule has 5 nitrogen and oxygen atoms in total. The standard InChI is InChI=1S/C15H18ClNO4/c1-19-15(18)13-9-20-5-3-17(13)8-11-7-12(16)6-10-2-4-21-14(10)11/h6-7,13H,2-5,8-9H2,1H3.